The summed E-state index contributed by atoms with van der Waals surface area (Å²) in [4.78, 5) is 29.3. The molecule has 0 N–H and O–H groups in total. The van der Waals surface area contributed by atoms with E-state index in [1.807, 2.05) is 43.3 Å². The van der Waals surface area contributed by atoms with Gasteiger partial charge in [0.15, 0.2) is 0 Å². The van der Waals surface area contributed by atoms with E-state index in [1.54, 1.807) is 18.2 Å². The van der Waals surface area contributed by atoms with Crippen LogP contribution in [0.5, 0.6) is 5.75 Å². The van der Waals surface area contributed by atoms with Crippen LogP contribution in [0, 0.1) is 17.0 Å². The van der Waals surface area contributed by atoms with E-state index >= 15 is 0 Å². The fourth-order valence-corrected chi connectivity index (χ4v) is 4.84. The Labute approximate surface area is 214 Å². The largest absolute Gasteiger partial charge is 0.488 e. The Morgan fingerprint density at radius 2 is 1.89 bits per heavy atom. The van der Waals surface area contributed by atoms with Gasteiger partial charge in [0.25, 0.3) is 11.2 Å². The topological polar surface area (TPSA) is 99.6 Å². The Kier molecular flexibility index (Phi) is 7.07. The van der Waals surface area contributed by atoms with Crippen molar-refractivity contribution >= 4 is 22.8 Å². The molecule has 1 aliphatic carbocycles. The number of hydrogen-bond acceptors (Lipinski definition) is 6. The van der Waals surface area contributed by atoms with Crippen LogP contribution in [0.4, 0.5) is 5.69 Å². The first-order valence-electron chi connectivity index (χ1n) is 12.5. The zero-order chi connectivity index (χ0) is 25.8. The lowest BCUT2D eigenvalue weighted by atomic mass is 9.88. The molecular weight excluding hydrogens is 468 g/mol. The van der Waals surface area contributed by atoms with Crippen molar-refractivity contribution in [2.45, 2.75) is 51.6 Å². The molecule has 37 heavy (non-hydrogen) atoms. The molecule has 0 bridgehead atoms. The second kappa shape index (κ2) is 10.7. The van der Waals surface area contributed by atoms with Crippen molar-refractivity contribution in [3.63, 3.8) is 0 Å². The predicted octanol–water partition coefficient (Wildman–Crippen LogP) is 6.12. The molecule has 3 aromatic carbocycles. The number of hydrogen-bond donors (Lipinski definition) is 0. The van der Waals surface area contributed by atoms with Gasteiger partial charge in [-0.25, -0.2) is 4.98 Å². The minimum atomic E-state index is -0.459. The molecule has 0 unspecified atom stereocenters. The van der Waals surface area contributed by atoms with Gasteiger partial charge in [-0.15, -0.1) is 0 Å². The maximum atomic E-state index is 13.5. The lowest BCUT2D eigenvalue weighted by Crippen LogP contribution is -2.25. The molecule has 8 heteroatoms. The van der Waals surface area contributed by atoms with E-state index in [0.29, 0.717) is 34.6 Å². The molecule has 0 aliphatic heterocycles. The van der Waals surface area contributed by atoms with Crippen LogP contribution in [-0.2, 0) is 6.61 Å². The monoisotopic (exact) mass is 496 g/mol. The highest BCUT2D eigenvalue weighted by Gasteiger charge is 2.22. The lowest BCUT2D eigenvalue weighted by molar-refractivity contribution is -0.384. The van der Waals surface area contributed by atoms with E-state index < -0.39 is 4.92 Å². The van der Waals surface area contributed by atoms with E-state index in [0.717, 1.165) is 36.8 Å². The third-order valence-electron chi connectivity index (χ3n) is 6.74. The zero-order valence-corrected chi connectivity index (χ0v) is 20.7. The smallest absolute Gasteiger partial charge is 0.282 e. The first-order valence-corrected chi connectivity index (χ1v) is 12.5. The summed E-state index contributed by atoms with van der Waals surface area (Å²) in [5.74, 6) is 1.20. The summed E-state index contributed by atoms with van der Waals surface area (Å²) in [6.07, 6.45) is 6.69. The van der Waals surface area contributed by atoms with Crippen LogP contribution in [0.2, 0.25) is 0 Å². The van der Waals surface area contributed by atoms with Gasteiger partial charge in [-0.1, -0.05) is 61.2 Å². The van der Waals surface area contributed by atoms with E-state index in [9.17, 15) is 14.9 Å². The summed E-state index contributed by atoms with van der Waals surface area (Å²) in [5, 5.41) is 16.5. The minimum Gasteiger partial charge on any atom is -0.488 e. The molecule has 1 fully saturated rings. The Morgan fingerprint density at radius 3 is 2.68 bits per heavy atom. The summed E-state index contributed by atoms with van der Waals surface area (Å²) >= 11 is 0. The number of non-ortho nitro benzene ring substituents is 1. The summed E-state index contributed by atoms with van der Waals surface area (Å²) in [5.41, 5.74) is 2.82. The number of benzene rings is 3. The van der Waals surface area contributed by atoms with Gasteiger partial charge in [0, 0.05) is 23.6 Å². The first kappa shape index (κ1) is 24.4. The van der Waals surface area contributed by atoms with Crippen molar-refractivity contribution in [2.24, 2.45) is 5.10 Å². The molecule has 8 nitrogen and oxygen atoms in total. The summed E-state index contributed by atoms with van der Waals surface area (Å²) in [6, 6.07) is 19.6. The van der Waals surface area contributed by atoms with Crippen molar-refractivity contribution < 1.29 is 9.66 Å². The fourth-order valence-electron chi connectivity index (χ4n) is 4.84. The van der Waals surface area contributed by atoms with Crippen LogP contribution in [-0.4, -0.2) is 20.8 Å². The number of para-hydroxylation sites is 1. The molecule has 188 valence electrons. The fraction of sp³-hybridized carbons (Fsp3) is 0.276. The number of nitrogens with zero attached hydrogens (tertiary/aromatic N) is 4. The van der Waals surface area contributed by atoms with E-state index in [1.165, 1.54) is 29.4 Å². The van der Waals surface area contributed by atoms with Crippen molar-refractivity contribution in [1.29, 1.82) is 0 Å². The Bertz CT molecular complexity index is 1540. The van der Waals surface area contributed by atoms with Gasteiger partial charge in [0.1, 0.15) is 18.2 Å². The molecule has 1 heterocycles. The minimum absolute atomic E-state index is 0.0826. The molecule has 0 spiro atoms. The number of fused-ring (bicyclic) bond motifs is 1. The number of aromatic nitrogens is 2. The molecular formula is C29H28N4O4. The lowest BCUT2D eigenvalue weighted by Gasteiger charge is -2.22. The number of aryl methyl sites for hydroxylation is 1. The molecule has 1 saturated carbocycles. The summed E-state index contributed by atoms with van der Waals surface area (Å²) in [7, 11) is 0. The molecule has 1 aromatic heterocycles. The van der Waals surface area contributed by atoms with Crippen molar-refractivity contribution in [3.05, 3.63) is 110 Å². The molecule has 0 saturated heterocycles. The van der Waals surface area contributed by atoms with Gasteiger partial charge < -0.3 is 4.74 Å². The van der Waals surface area contributed by atoms with Crippen molar-refractivity contribution in [1.82, 2.24) is 9.66 Å². The normalized spacial score (nSPS) is 14.3. The van der Waals surface area contributed by atoms with Crippen LogP contribution in [0.15, 0.2) is 76.6 Å². The molecule has 1 aliphatic rings. The Balaban J connectivity index is 1.55. The second-order valence-corrected chi connectivity index (χ2v) is 9.44. The highest BCUT2D eigenvalue weighted by molar-refractivity contribution is 5.85. The molecule has 0 atom stereocenters. The van der Waals surface area contributed by atoms with Gasteiger partial charge in [-0.05, 0) is 43.5 Å². The maximum Gasteiger partial charge on any atom is 0.282 e. The average Bonchev–Trinajstić information content (AvgIpc) is 2.92. The van der Waals surface area contributed by atoms with E-state index in [2.05, 4.69) is 5.10 Å². The van der Waals surface area contributed by atoms with Gasteiger partial charge in [-0.3, -0.25) is 14.9 Å². The van der Waals surface area contributed by atoms with Gasteiger partial charge in [0.05, 0.1) is 22.0 Å². The highest BCUT2D eigenvalue weighted by Crippen LogP contribution is 2.32. The standard InChI is InChI=1S/C29H28N4O4/c1-20-8-7-9-21(16-20)19-37-27-15-14-24(33(35)36)17-23(27)18-30-32-28(22-10-3-2-4-11-22)31-26-13-6-5-12-25(26)29(32)34/h5-9,12-18,22H,2-4,10-11,19H2,1H3. The predicted molar refractivity (Wildman–Crippen MR) is 143 cm³/mol. The van der Waals surface area contributed by atoms with Crippen molar-refractivity contribution in [3.8, 4) is 5.75 Å². The number of rotatable bonds is 7. The highest BCUT2D eigenvalue weighted by atomic mass is 16.6. The number of nitro benzene ring substituents is 1. The molecule has 0 amide bonds. The first-order chi connectivity index (χ1) is 18.0. The third-order valence-corrected chi connectivity index (χ3v) is 6.74. The van der Waals surface area contributed by atoms with Crippen LogP contribution >= 0.6 is 0 Å². The van der Waals surface area contributed by atoms with Crippen LogP contribution < -0.4 is 10.3 Å². The quantitative estimate of drug-likeness (QED) is 0.174. The third kappa shape index (κ3) is 5.43. The second-order valence-electron chi connectivity index (χ2n) is 9.44. The molecule has 0 radical (unpaired) electrons. The zero-order valence-electron chi connectivity index (χ0n) is 20.7. The van der Waals surface area contributed by atoms with Crippen LogP contribution in [0.3, 0.4) is 0 Å². The SMILES string of the molecule is Cc1cccc(COc2ccc([N+](=O)[O-])cc2C=Nn2c(C3CCCCC3)nc3ccccc3c2=O)c1. The van der Waals surface area contributed by atoms with Gasteiger partial charge in [0.2, 0.25) is 0 Å². The Morgan fingerprint density at radius 1 is 1.08 bits per heavy atom. The maximum absolute atomic E-state index is 13.5. The number of ether oxygens (including phenoxy) is 1. The average molecular weight is 497 g/mol. The Hall–Kier alpha value is -4.33. The van der Waals surface area contributed by atoms with E-state index in [4.69, 9.17) is 9.72 Å². The summed E-state index contributed by atoms with van der Waals surface area (Å²) < 4.78 is 7.39. The summed E-state index contributed by atoms with van der Waals surface area (Å²) in [6.45, 7) is 2.30. The van der Waals surface area contributed by atoms with Gasteiger partial charge >= 0.3 is 0 Å². The van der Waals surface area contributed by atoms with Crippen molar-refractivity contribution in [2.75, 3.05) is 0 Å². The van der Waals surface area contributed by atoms with Crippen LogP contribution in [0.1, 0.15) is 60.5 Å². The van der Waals surface area contributed by atoms with E-state index in [-0.39, 0.29) is 17.2 Å². The molecule has 4 aromatic rings. The van der Waals surface area contributed by atoms with Gasteiger partial charge in [-0.2, -0.15) is 9.78 Å². The number of nitro groups is 1. The molecule has 5 rings (SSSR count). The van der Waals surface area contributed by atoms with Crippen LogP contribution in [0.25, 0.3) is 10.9 Å².